The third-order valence-corrected chi connectivity index (χ3v) is 3.55. The van der Waals surface area contributed by atoms with Crippen LogP contribution in [0.2, 0.25) is 0 Å². The molecule has 0 bridgehead atoms. The van der Waals surface area contributed by atoms with E-state index in [9.17, 15) is 8.78 Å². The van der Waals surface area contributed by atoms with Crippen LogP contribution in [0.4, 0.5) is 14.5 Å². The van der Waals surface area contributed by atoms with E-state index in [1.807, 2.05) is 0 Å². The minimum Gasteiger partial charge on any atom is -0.496 e. The van der Waals surface area contributed by atoms with Gasteiger partial charge in [0, 0.05) is 21.9 Å². The van der Waals surface area contributed by atoms with Gasteiger partial charge >= 0.3 is 0 Å². The number of benzene rings is 2. The first kappa shape index (κ1) is 13.7. The van der Waals surface area contributed by atoms with Gasteiger partial charge < -0.3 is 10.5 Å². The molecule has 5 heteroatoms. The van der Waals surface area contributed by atoms with Crippen molar-refractivity contribution in [1.82, 2.24) is 0 Å². The van der Waals surface area contributed by atoms with Crippen LogP contribution in [0.25, 0.3) is 0 Å². The van der Waals surface area contributed by atoms with Crippen molar-refractivity contribution in [1.29, 1.82) is 0 Å². The van der Waals surface area contributed by atoms with E-state index in [-0.39, 0.29) is 11.6 Å². The van der Waals surface area contributed by atoms with Crippen LogP contribution >= 0.6 is 11.8 Å². The molecule has 2 nitrogen and oxygen atoms in total. The van der Waals surface area contributed by atoms with Gasteiger partial charge in [-0.2, -0.15) is 0 Å². The monoisotopic (exact) mass is 281 g/mol. The van der Waals surface area contributed by atoms with E-state index < -0.39 is 0 Å². The average molecular weight is 281 g/mol. The summed E-state index contributed by atoms with van der Waals surface area (Å²) in [6.45, 7) is 0. The van der Waals surface area contributed by atoms with Crippen LogP contribution < -0.4 is 10.5 Å². The van der Waals surface area contributed by atoms with Crippen molar-refractivity contribution < 1.29 is 13.5 Å². The molecule has 0 atom stereocenters. The predicted octanol–water partition coefficient (Wildman–Crippen LogP) is 3.85. The number of ether oxygens (including phenoxy) is 1. The van der Waals surface area contributed by atoms with Gasteiger partial charge in [0.25, 0.3) is 0 Å². The van der Waals surface area contributed by atoms with Gasteiger partial charge in [-0.25, -0.2) is 8.78 Å². The summed E-state index contributed by atoms with van der Waals surface area (Å²) in [5, 5.41) is 0. The fourth-order valence-electron chi connectivity index (χ4n) is 1.69. The van der Waals surface area contributed by atoms with Gasteiger partial charge in [0.1, 0.15) is 17.4 Å². The van der Waals surface area contributed by atoms with E-state index in [0.717, 1.165) is 5.56 Å². The van der Waals surface area contributed by atoms with Crippen LogP contribution in [-0.4, -0.2) is 7.11 Å². The maximum Gasteiger partial charge on any atom is 0.126 e. The Kier molecular flexibility index (Phi) is 4.27. The first-order valence-electron chi connectivity index (χ1n) is 5.60. The molecule has 0 aliphatic carbocycles. The van der Waals surface area contributed by atoms with Crippen molar-refractivity contribution in [2.24, 2.45) is 0 Å². The number of nitrogens with two attached hydrogens (primary N) is 1. The molecule has 0 aromatic heterocycles. The first-order valence-corrected chi connectivity index (χ1v) is 6.58. The molecule has 0 unspecified atom stereocenters. The van der Waals surface area contributed by atoms with Crippen molar-refractivity contribution in [3.63, 3.8) is 0 Å². The topological polar surface area (TPSA) is 35.2 Å². The van der Waals surface area contributed by atoms with E-state index >= 15 is 0 Å². The Hall–Kier alpha value is -1.75. The highest BCUT2D eigenvalue weighted by Crippen LogP contribution is 2.29. The van der Waals surface area contributed by atoms with Gasteiger partial charge in [-0.15, -0.1) is 11.8 Å². The summed E-state index contributed by atoms with van der Waals surface area (Å²) in [5.41, 5.74) is 6.66. The summed E-state index contributed by atoms with van der Waals surface area (Å²) in [4.78, 5) is 0.698. The van der Waals surface area contributed by atoms with Crippen molar-refractivity contribution in [3.05, 3.63) is 53.6 Å². The van der Waals surface area contributed by atoms with Gasteiger partial charge in [0.2, 0.25) is 0 Å². The number of anilines is 1. The molecule has 0 aliphatic rings. The third-order valence-electron chi connectivity index (χ3n) is 2.53. The van der Waals surface area contributed by atoms with Crippen LogP contribution in [0, 0.1) is 11.6 Å². The summed E-state index contributed by atoms with van der Waals surface area (Å²) in [5.74, 6) is 0.381. The molecule has 0 radical (unpaired) electrons. The van der Waals surface area contributed by atoms with E-state index in [4.69, 9.17) is 10.5 Å². The highest BCUT2D eigenvalue weighted by molar-refractivity contribution is 7.98. The molecule has 0 aliphatic heterocycles. The molecule has 0 fully saturated rings. The fraction of sp³-hybridized carbons (Fsp3) is 0.143. The third kappa shape index (κ3) is 3.61. The highest BCUT2D eigenvalue weighted by Gasteiger charge is 2.06. The van der Waals surface area contributed by atoms with Gasteiger partial charge in [0.05, 0.1) is 7.11 Å². The Morgan fingerprint density at radius 1 is 1.11 bits per heavy atom. The second-order valence-corrected chi connectivity index (χ2v) is 5.01. The lowest BCUT2D eigenvalue weighted by molar-refractivity contribution is 0.410. The zero-order chi connectivity index (χ0) is 13.8. The summed E-state index contributed by atoms with van der Waals surface area (Å²) in [6, 6.07) is 8.66. The second kappa shape index (κ2) is 5.93. The minimum atomic E-state index is -0.381. The zero-order valence-corrected chi connectivity index (χ0v) is 11.1. The molecule has 2 rings (SSSR count). The number of hydrogen-bond donors (Lipinski definition) is 1. The number of thioether (sulfide) groups is 1. The van der Waals surface area contributed by atoms with Crippen molar-refractivity contribution in [3.8, 4) is 5.75 Å². The molecule has 100 valence electrons. The first-order chi connectivity index (χ1) is 9.08. The lowest BCUT2D eigenvalue weighted by Gasteiger charge is -2.08. The Balaban J connectivity index is 2.16. The predicted molar refractivity (Wildman–Crippen MR) is 73.3 cm³/mol. The average Bonchev–Trinajstić information content (AvgIpc) is 2.35. The fourth-order valence-corrected chi connectivity index (χ4v) is 2.65. The number of rotatable bonds is 4. The largest absolute Gasteiger partial charge is 0.496 e. The summed E-state index contributed by atoms with van der Waals surface area (Å²) in [6.07, 6.45) is 0. The Morgan fingerprint density at radius 3 is 2.58 bits per heavy atom. The number of halogens is 2. The van der Waals surface area contributed by atoms with Gasteiger partial charge in [0.15, 0.2) is 0 Å². The van der Waals surface area contributed by atoms with Crippen LogP contribution in [0.3, 0.4) is 0 Å². The van der Waals surface area contributed by atoms with E-state index in [1.54, 1.807) is 12.1 Å². The number of hydrogen-bond acceptors (Lipinski definition) is 3. The number of methoxy groups -OCH3 is 1. The SMILES string of the molecule is COc1ccc(F)cc1CSc1cc(N)cc(F)c1. The Morgan fingerprint density at radius 2 is 1.89 bits per heavy atom. The smallest absolute Gasteiger partial charge is 0.126 e. The summed E-state index contributed by atoms with van der Waals surface area (Å²) in [7, 11) is 1.53. The maximum absolute atomic E-state index is 13.2. The molecule has 0 amide bonds. The van der Waals surface area contributed by atoms with Crippen molar-refractivity contribution >= 4 is 17.4 Å². The molecule has 0 heterocycles. The maximum atomic E-state index is 13.2. The van der Waals surface area contributed by atoms with E-state index in [2.05, 4.69) is 0 Å². The molecule has 2 aromatic rings. The molecule has 0 saturated carbocycles. The minimum absolute atomic E-state index is 0.324. The normalized spacial score (nSPS) is 10.5. The van der Waals surface area contributed by atoms with Gasteiger partial charge in [-0.3, -0.25) is 0 Å². The van der Waals surface area contributed by atoms with Crippen LogP contribution in [0.1, 0.15) is 5.56 Å². The van der Waals surface area contributed by atoms with E-state index in [1.165, 1.54) is 43.1 Å². The highest BCUT2D eigenvalue weighted by atomic mass is 32.2. The molecular weight excluding hydrogens is 268 g/mol. The Bertz CT molecular complexity index is 569. The van der Waals surface area contributed by atoms with Gasteiger partial charge in [-0.1, -0.05) is 0 Å². The summed E-state index contributed by atoms with van der Waals surface area (Å²) < 4.78 is 31.5. The Labute approximate surface area is 114 Å². The van der Waals surface area contributed by atoms with Crippen LogP contribution in [0.5, 0.6) is 5.75 Å². The molecule has 0 spiro atoms. The molecule has 2 N–H and O–H groups in total. The molecule has 19 heavy (non-hydrogen) atoms. The van der Waals surface area contributed by atoms with E-state index in [0.29, 0.717) is 22.1 Å². The van der Waals surface area contributed by atoms with Crippen LogP contribution in [0.15, 0.2) is 41.3 Å². The van der Waals surface area contributed by atoms with Crippen LogP contribution in [-0.2, 0) is 5.75 Å². The standard InChI is InChI=1S/C14H13F2NOS/c1-18-14-3-2-10(15)4-9(14)8-19-13-6-11(16)5-12(17)7-13/h2-7H,8,17H2,1H3. The summed E-state index contributed by atoms with van der Waals surface area (Å²) >= 11 is 1.37. The quantitative estimate of drug-likeness (QED) is 0.683. The second-order valence-electron chi connectivity index (χ2n) is 3.97. The zero-order valence-electron chi connectivity index (χ0n) is 10.3. The molecular formula is C14H13F2NOS. The number of nitrogen functional groups attached to an aromatic ring is 1. The molecule has 2 aromatic carbocycles. The van der Waals surface area contributed by atoms with Crippen molar-refractivity contribution in [2.75, 3.05) is 12.8 Å². The van der Waals surface area contributed by atoms with Crippen molar-refractivity contribution in [2.45, 2.75) is 10.6 Å². The molecule has 0 saturated heterocycles. The lowest BCUT2D eigenvalue weighted by Crippen LogP contribution is -1.92. The van der Waals surface area contributed by atoms with Gasteiger partial charge in [-0.05, 0) is 36.4 Å². The lowest BCUT2D eigenvalue weighted by atomic mass is 10.2.